The summed E-state index contributed by atoms with van der Waals surface area (Å²) in [6.07, 6.45) is 4.47. The normalized spacial score (nSPS) is 19.3. The van der Waals surface area contributed by atoms with Crippen LogP contribution in [0.5, 0.6) is 11.5 Å². The molecule has 1 saturated heterocycles. The lowest BCUT2D eigenvalue weighted by Crippen LogP contribution is -2.41. The van der Waals surface area contributed by atoms with Crippen LogP contribution in [-0.4, -0.2) is 18.3 Å². The zero-order chi connectivity index (χ0) is 25.4. The van der Waals surface area contributed by atoms with E-state index in [9.17, 15) is 0 Å². The fourth-order valence-corrected chi connectivity index (χ4v) is 6.05. The summed E-state index contributed by atoms with van der Waals surface area (Å²) in [6, 6.07) is 32.2. The highest BCUT2D eigenvalue weighted by Gasteiger charge is 2.53. The molecule has 0 aromatic heterocycles. The van der Waals surface area contributed by atoms with Gasteiger partial charge in [0.2, 0.25) is 0 Å². The molecule has 1 fully saturated rings. The van der Waals surface area contributed by atoms with Gasteiger partial charge >= 0.3 is 7.12 Å². The van der Waals surface area contributed by atoms with E-state index in [1.54, 1.807) is 0 Å². The van der Waals surface area contributed by atoms with Crippen LogP contribution in [0.4, 0.5) is 0 Å². The van der Waals surface area contributed by atoms with Gasteiger partial charge in [-0.25, -0.2) is 0 Å². The molecule has 3 nitrogen and oxygen atoms in total. The Morgan fingerprint density at radius 2 is 1.05 bits per heavy atom. The number of hydrogen-bond acceptors (Lipinski definition) is 3. The van der Waals surface area contributed by atoms with Gasteiger partial charge in [0.15, 0.2) is 0 Å². The van der Waals surface area contributed by atoms with Gasteiger partial charge in [0.1, 0.15) is 11.5 Å². The van der Waals surface area contributed by atoms with Crippen LogP contribution in [0.3, 0.4) is 0 Å². The standard InChI is InChI=1S/C33H29BO3/c1-31(2)32(3,4)37-34(36-31)24-20-19-23-18-17-22-11-5-6-12-25(22)33(28(23)21-24)26-13-7-9-15-29(26)35-30-16-10-8-14-27(30)33/h5-21H,1-4H3. The summed E-state index contributed by atoms with van der Waals surface area (Å²) in [6.45, 7) is 8.40. The van der Waals surface area contributed by atoms with Gasteiger partial charge in [-0.1, -0.05) is 91.0 Å². The van der Waals surface area contributed by atoms with E-state index in [0.717, 1.165) is 28.1 Å². The van der Waals surface area contributed by atoms with Crippen LogP contribution in [0, 0.1) is 0 Å². The second kappa shape index (κ2) is 7.70. The second-order valence-corrected chi connectivity index (χ2v) is 11.2. The topological polar surface area (TPSA) is 27.7 Å². The quantitative estimate of drug-likeness (QED) is 0.236. The summed E-state index contributed by atoms with van der Waals surface area (Å²) in [5.41, 5.74) is 6.70. The Balaban J connectivity index is 1.57. The molecule has 0 radical (unpaired) electrons. The maximum absolute atomic E-state index is 6.49. The van der Waals surface area contributed by atoms with Crippen molar-refractivity contribution in [1.82, 2.24) is 0 Å². The summed E-state index contributed by atoms with van der Waals surface area (Å²) in [7, 11) is -0.444. The largest absolute Gasteiger partial charge is 0.494 e. The number of benzene rings is 4. The fraction of sp³-hybridized carbons (Fsp3) is 0.212. The highest BCUT2D eigenvalue weighted by Crippen LogP contribution is 2.57. The molecule has 1 aliphatic carbocycles. The highest BCUT2D eigenvalue weighted by atomic mass is 16.7. The smallest absolute Gasteiger partial charge is 0.457 e. The molecule has 0 amide bonds. The number of rotatable bonds is 1. The number of fused-ring (bicyclic) bond motifs is 8. The maximum atomic E-state index is 6.49. The zero-order valence-electron chi connectivity index (χ0n) is 21.6. The van der Waals surface area contributed by atoms with Crippen molar-refractivity contribution in [2.75, 3.05) is 0 Å². The van der Waals surface area contributed by atoms with E-state index in [-0.39, 0.29) is 0 Å². The van der Waals surface area contributed by atoms with E-state index in [0.29, 0.717) is 0 Å². The minimum Gasteiger partial charge on any atom is -0.457 e. The number of para-hydroxylation sites is 2. The van der Waals surface area contributed by atoms with E-state index in [4.69, 9.17) is 14.0 Å². The minimum absolute atomic E-state index is 0.410. The van der Waals surface area contributed by atoms with Crippen LogP contribution in [-0.2, 0) is 14.7 Å². The molecule has 4 aromatic rings. The molecule has 0 saturated carbocycles. The molecule has 4 aromatic carbocycles. The maximum Gasteiger partial charge on any atom is 0.494 e. The first-order valence-electron chi connectivity index (χ1n) is 13.0. The van der Waals surface area contributed by atoms with Crippen LogP contribution >= 0.6 is 0 Å². The van der Waals surface area contributed by atoms with Crippen LogP contribution in [0.1, 0.15) is 61.1 Å². The highest BCUT2D eigenvalue weighted by molar-refractivity contribution is 6.62. The van der Waals surface area contributed by atoms with Crippen molar-refractivity contribution < 1.29 is 14.0 Å². The average Bonchev–Trinajstić information content (AvgIpc) is 3.03. The van der Waals surface area contributed by atoms with Gasteiger partial charge in [0.25, 0.3) is 0 Å². The Kier molecular flexibility index (Phi) is 4.70. The van der Waals surface area contributed by atoms with Gasteiger partial charge in [-0.15, -0.1) is 0 Å². The van der Waals surface area contributed by atoms with E-state index in [2.05, 4.69) is 119 Å². The molecular formula is C33H29BO3. The lowest BCUT2D eigenvalue weighted by atomic mass is 9.61. The molecule has 182 valence electrons. The lowest BCUT2D eigenvalue weighted by Gasteiger charge is -2.42. The van der Waals surface area contributed by atoms with Crippen LogP contribution in [0.2, 0.25) is 0 Å². The summed E-state index contributed by atoms with van der Waals surface area (Å²) in [5, 5.41) is 0. The van der Waals surface area contributed by atoms with E-state index in [1.807, 2.05) is 12.1 Å². The molecule has 37 heavy (non-hydrogen) atoms. The zero-order valence-corrected chi connectivity index (χ0v) is 21.6. The molecule has 2 aliphatic heterocycles. The molecule has 0 N–H and O–H groups in total. The molecule has 1 spiro atoms. The van der Waals surface area contributed by atoms with Gasteiger partial charge in [0, 0.05) is 11.1 Å². The predicted octanol–water partition coefficient (Wildman–Crippen LogP) is 6.96. The molecule has 0 bridgehead atoms. The van der Waals surface area contributed by atoms with Gasteiger partial charge in [-0.3, -0.25) is 0 Å². The van der Waals surface area contributed by atoms with Crippen LogP contribution < -0.4 is 10.2 Å². The third-order valence-electron chi connectivity index (χ3n) is 8.62. The van der Waals surface area contributed by atoms with E-state index in [1.165, 1.54) is 22.3 Å². The number of ether oxygens (including phenoxy) is 1. The lowest BCUT2D eigenvalue weighted by molar-refractivity contribution is 0.00578. The van der Waals surface area contributed by atoms with E-state index >= 15 is 0 Å². The van der Waals surface area contributed by atoms with Crippen molar-refractivity contribution in [3.05, 3.63) is 124 Å². The molecular weight excluding hydrogens is 455 g/mol. The van der Waals surface area contributed by atoms with Crippen LogP contribution in [0.25, 0.3) is 12.2 Å². The first-order chi connectivity index (χ1) is 17.8. The third-order valence-corrected chi connectivity index (χ3v) is 8.62. The summed E-state index contributed by atoms with van der Waals surface area (Å²) < 4.78 is 19.5. The Morgan fingerprint density at radius 1 is 0.541 bits per heavy atom. The third kappa shape index (κ3) is 3.09. The number of hydrogen-bond donors (Lipinski definition) is 0. The van der Waals surface area contributed by atoms with Gasteiger partial charge in [0.05, 0.1) is 16.6 Å². The Morgan fingerprint density at radius 3 is 1.68 bits per heavy atom. The van der Waals surface area contributed by atoms with E-state index < -0.39 is 23.7 Å². The molecule has 2 heterocycles. The Bertz CT molecular complexity index is 1520. The fourth-order valence-electron chi connectivity index (χ4n) is 6.05. The first-order valence-corrected chi connectivity index (χ1v) is 13.0. The summed E-state index contributed by atoms with van der Waals surface area (Å²) in [4.78, 5) is 0. The van der Waals surface area contributed by atoms with Crippen molar-refractivity contribution in [3.8, 4) is 11.5 Å². The minimum atomic E-state index is -0.569. The molecule has 3 aliphatic rings. The molecule has 0 unspecified atom stereocenters. The van der Waals surface area contributed by atoms with Crippen molar-refractivity contribution in [2.45, 2.75) is 44.3 Å². The molecule has 4 heteroatoms. The SMILES string of the molecule is CC1(C)OB(c2ccc3c(c2)C2(c4ccccc4C=C3)c3ccccc3Oc3ccccc32)OC1(C)C. The van der Waals surface area contributed by atoms with Gasteiger partial charge in [-0.2, -0.15) is 0 Å². The average molecular weight is 484 g/mol. The Hall–Kier alpha value is -3.60. The van der Waals surface area contributed by atoms with Crippen LogP contribution in [0.15, 0.2) is 91.0 Å². The monoisotopic (exact) mass is 484 g/mol. The molecule has 7 rings (SSSR count). The van der Waals surface area contributed by atoms with Crippen molar-refractivity contribution in [2.24, 2.45) is 0 Å². The van der Waals surface area contributed by atoms with Crippen molar-refractivity contribution >= 4 is 24.7 Å². The first kappa shape index (κ1) is 22.6. The second-order valence-electron chi connectivity index (χ2n) is 11.2. The van der Waals surface area contributed by atoms with Crippen molar-refractivity contribution in [3.63, 3.8) is 0 Å². The van der Waals surface area contributed by atoms with Gasteiger partial charge < -0.3 is 14.0 Å². The van der Waals surface area contributed by atoms with Gasteiger partial charge in [-0.05, 0) is 67.5 Å². The summed E-state index contributed by atoms with van der Waals surface area (Å²) >= 11 is 0. The summed E-state index contributed by atoms with van der Waals surface area (Å²) in [5.74, 6) is 1.76. The van der Waals surface area contributed by atoms with Crippen molar-refractivity contribution in [1.29, 1.82) is 0 Å². The Labute approximate surface area is 218 Å². The predicted molar refractivity (Wildman–Crippen MR) is 149 cm³/mol. The molecule has 0 atom stereocenters.